The van der Waals surface area contributed by atoms with E-state index < -0.39 is 0 Å². The minimum atomic E-state index is -0.228. The molecule has 0 atom stereocenters. The smallest absolute Gasteiger partial charge is 0.205 e. The standard InChI is InChI=1S/C25H22N4O4S/c1-12-5-7-13(8-6-12)21(30)23-20(27)19-18(15(11-26)24(28)29-25(19)34-23)14-9-16(31-2)22(33-4)17(10-14)32-3/h5-10H,27H2,1-4H3,(H2,28,29). The number of hydrogen-bond acceptors (Lipinski definition) is 9. The average Bonchev–Trinajstić information content (AvgIpc) is 3.17. The molecule has 2 aromatic carbocycles. The molecule has 0 amide bonds. The highest BCUT2D eigenvalue weighted by atomic mass is 32.1. The first kappa shape index (κ1) is 22.9. The molecule has 2 heterocycles. The molecule has 0 saturated heterocycles. The number of thiophene rings is 1. The van der Waals surface area contributed by atoms with Crippen LogP contribution in [0.15, 0.2) is 36.4 Å². The van der Waals surface area contributed by atoms with Gasteiger partial charge in [0.05, 0.1) is 27.0 Å². The van der Waals surface area contributed by atoms with Crippen LogP contribution in [0.5, 0.6) is 17.2 Å². The van der Waals surface area contributed by atoms with Crippen molar-refractivity contribution in [3.63, 3.8) is 0 Å². The van der Waals surface area contributed by atoms with Gasteiger partial charge in [-0.15, -0.1) is 11.3 Å². The van der Waals surface area contributed by atoms with Gasteiger partial charge in [-0.05, 0) is 24.6 Å². The van der Waals surface area contributed by atoms with E-state index >= 15 is 0 Å². The Kier molecular flexibility index (Phi) is 6.01. The number of aromatic nitrogens is 1. The van der Waals surface area contributed by atoms with E-state index in [9.17, 15) is 10.1 Å². The summed E-state index contributed by atoms with van der Waals surface area (Å²) in [7, 11) is 4.50. The van der Waals surface area contributed by atoms with Crippen molar-refractivity contribution >= 4 is 38.8 Å². The van der Waals surface area contributed by atoms with Crippen molar-refractivity contribution in [3.05, 3.63) is 58.0 Å². The first-order valence-corrected chi connectivity index (χ1v) is 11.0. The Bertz CT molecular complexity index is 1440. The van der Waals surface area contributed by atoms with Crippen molar-refractivity contribution in [1.29, 1.82) is 5.26 Å². The number of aryl methyl sites for hydroxylation is 1. The maximum atomic E-state index is 13.3. The lowest BCUT2D eigenvalue weighted by molar-refractivity contribution is 0.104. The molecule has 0 aliphatic carbocycles. The van der Waals surface area contributed by atoms with E-state index in [4.69, 9.17) is 25.7 Å². The number of nitrogen functional groups attached to an aromatic ring is 2. The Morgan fingerprint density at radius 3 is 2.18 bits per heavy atom. The third kappa shape index (κ3) is 3.64. The molecule has 0 aliphatic heterocycles. The zero-order valence-electron chi connectivity index (χ0n) is 19.1. The average molecular weight is 475 g/mol. The normalized spacial score (nSPS) is 10.7. The van der Waals surface area contributed by atoms with Gasteiger partial charge in [0, 0.05) is 16.5 Å². The number of benzene rings is 2. The lowest BCUT2D eigenvalue weighted by Gasteiger charge is -2.16. The van der Waals surface area contributed by atoms with E-state index in [1.54, 1.807) is 24.3 Å². The molecule has 9 heteroatoms. The third-order valence-electron chi connectivity index (χ3n) is 5.49. The number of nitrogens with two attached hydrogens (primary N) is 2. The molecule has 0 radical (unpaired) electrons. The number of pyridine rings is 1. The number of anilines is 2. The first-order valence-electron chi connectivity index (χ1n) is 10.2. The SMILES string of the molecule is COc1cc(-c2c(C#N)c(N)nc3sc(C(=O)c4ccc(C)cc4)c(N)c23)cc(OC)c1OC. The second-order valence-electron chi connectivity index (χ2n) is 7.49. The molecular weight excluding hydrogens is 452 g/mol. The Balaban J connectivity index is 2.04. The number of carbonyl (C=O) groups is 1. The van der Waals surface area contributed by atoms with Crippen LogP contribution in [0.1, 0.15) is 26.4 Å². The molecule has 4 N–H and O–H groups in total. The Labute approximate surface area is 200 Å². The number of ether oxygens (including phenoxy) is 3. The molecule has 0 saturated carbocycles. The number of ketones is 1. The molecule has 0 fully saturated rings. The Hall–Kier alpha value is -4.29. The van der Waals surface area contributed by atoms with Crippen LogP contribution in [-0.4, -0.2) is 32.1 Å². The largest absolute Gasteiger partial charge is 0.493 e. The number of nitriles is 1. The molecule has 0 unspecified atom stereocenters. The number of nitrogens with zero attached hydrogens (tertiary/aromatic N) is 2. The number of methoxy groups -OCH3 is 3. The highest BCUT2D eigenvalue weighted by Gasteiger charge is 2.26. The fourth-order valence-electron chi connectivity index (χ4n) is 3.80. The van der Waals surface area contributed by atoms with E-state index in [1.807, 2.05) is 19.1 Å². The first-order chi connectivity index (χ1) is 16.3. The van der Waals surface area contributed by atoms with Crippen molar-refractivity contribution in [2.24, 2.45) is 0 Å². The molecule has 2 aromatic heterocycles. The van der Waals surface area contributed by atoms with Crippen LogP contribution in [0.25, 0.3) is 21.3 Å². The number of rotatable bonds is 6. The summed E-state index contributed by atoms with van der Waals surface area (Å²) in [6.07, 6.45) is 0. The van der Waals surface area contributed by atoms with Crippen molar-refractivity contribution in [2.45, 2.75) is 6.92 Å². The molecule has 172 valence electrons. The molecule has 4 rings (SSSR count). The predicted octanol–water partition coefficient (Wildman–Crippen LogP) is 4.56. The summed E-state index contributed by atoms with van der Waals surface area (Å²) in [4.78, 5) is 18.4. The summed E-state index contributed by atoms with van der Waals surface area (Å²) in [5, 5.41) is 10.4. The van der Waals surface area contributed by atoms with Gasteiger partial charge in [-0.2, -0.15) is 5.26 Å². The van der Waals surface area contributed by atoms with Crippen molar-refractivity contribution in [1.82, 2.24) is 4.98 Å². The zero-order valence-corrected chi connectivity index (χ0v) is 19.9. The van der Waals surface area contributed by atoms with Crippen LogP contribution in [-0.2, 0) is 0 Å². The fourth-order valence-corrected chi connectivity index (χ4v) is 4.88. The van der Waals surface area contributed by atoms with Crippen LogP contribution in [0.2, 0.25) is 0 Å². The van der Waals surface area contributed by atoms with Gasteiger partial charge in [0.1, 0.15) is 27.2 Å². The van der Waals surface area contributed by atoms with Gasteiger partial charge in [0.25, 0.3) is 0 Å². The molecule has 0 bridgehead atoms. The van der Waals surface area contributed by atoms with Gasteiger partial charge in [-0.3, -0.25) is 4.79 Å². The molecule has 0 spiro atoms. The molecular formula is C25H22N4O4S. The minimum absolute atomic E-state index is 0.0364. The number of hydrogen-bond donors (Lipinski definition) is 2. The van der Waals surface area contributed by atoms with Crippen LogP contribution < -0.4 is 25.7 Å². The van der Waals surface area contributed by atoms with Crippen molar-refractivity contribution < 1.29 is 19.0 Å². The van der Waals surface area contributed by atoms with E-state index in [0.29, 0.717) is 49.0 Å². The molecule has 0 aliphatic rings. The maximum Gasteiger partial charge on any atom is 0.205 e. The monoisotopic (exact) mass is 474 g/mol. The van der Waals surface area contributed by atoms with Gasteiger partial charge in [0.15, 0.2) is 11.5 Å². The summed E-state index contributed by atoms with van der Waals surface area (Å²) in [5.74, 6) is 1.00. The molecule has 8 nitrogen and oxygen atoms in total. The lowest BCUT2D eigenvalue weighted by atomic mass is 9.96. The van der Waals surface area contributed by atoms with Gasteiger partial charge >= 0.3 is 0 Å². The third-order valence-corrected chi connectivity index (χ3v) is 6.59. The molecule has 34 heavy (non-hydrogen) atoms. The topological polar surface area (TPSA) is 133 Å². The highest BCUT2D eigenvalue weighted by Crippen LogP contribution is 2.47. The van der Waals surface area contributed by atoms with E-state index in [-0.39, 0.29) is 22.9 Å². The zero-order chi connectivity index (χ0) is 24.6. The summed E-state index contributed by atoms with van der Waals surface area (Å²) in [6, 6.07) is 12.8. The van der Waals surface area contributed by atoms with Crippen LogP contribution in [0, 0.1) is 18.3 Å². The van der Waals surface area contributed by atoms with Crippen molar-refractivity contribution in [2.75, 3.05) is 32.8 Å². The Morgan fingerprint density at radius 2 is 1.65 bits per heavy atom. The lowest BCUT2D eigenvalue weighted by Crippen LogP contribution is -2.03. The highest BCUT2D eigenvalue weighted by molar-refractivity contribution is 7.21. The summed E-state index contributed by atoms with van der Waals surface area (Å²) < 4.78 is 16.4. The quantitative estimate of drug-likeness (QED) is 0.388. The Morgan fingerprint density at radius 1 is 1.03 bits per heavy atom. The van der Waals surface area contributed by atoms with Gasteiger partial charge < -0.3 is 25.7 Å². The second-order valence-corrected chi connectivity index (χ2v) is 8.49. The molecule has 4 aromatic rings. The summed E-state index contributed by atoms with van der Waals surface area (Å²) >= 11 is 1.14. The second kappa shape index (κ2) is 8.92. The summed E-state index contributed by atoms with van der Waals surface area (Å²) in [6.45, 7) is 1.95. The van der Waals surface area contributed by atoms with Crippen molar-refractivity contribution in [3.8, 4) is 34.4 Å². The number of carbonyl (C=O) groups excluding carboxylic acids is 1. The van der Waals surface area contributed by atoms with Gasteiger partial charge in [-0.1, -0.05) is 29.8 Å². The van der Waals surface area contributed by atoms with Crippen LogP contribution in [0.3, 0.4) is 0 Å². The minimum Gasteiger partial charge on any atom is -0.493 e. The van der Waals surface area contributed by atoms with E-state index in [2.05, 4.69) is 11.1 Å². The maximum absolute atomic E-state index is 13.3. The van der Waals surface area contributed by atoms with Crippen LogP contribution in [0.4, 0.5) is 11.5 Å². The predicted molar refractivity (Wildman–Crippen MR) is 133 cm³/mol. The van der Waals surface area contributed by atoms with E-state index in [0.717, 1.165) is 16.9 Å². The fraction of sp³-hybridized carbons (Fsp3) is 0.160. The number of fused-ring (bicyclic) bond motifs is 1. The van der Waals surface area contributed by atoms with Crippen LogP contribution >= 0.6 is 11.3 Å². The summed E-state index contributed by atoms with van der Waals surface area (Å²) in [5.41, 5.74) is 15.6. The van der Waals surface area contributed by atoms with Gasteiger partial charge in [0.2, 0.25) is 11.5 Å². The van der Waals surface area contributed by atoms with E-state index in [1.165, 1.54) is 21.3 Å². The van der Waals surface area contributed by atoms with Gasteiger partial charge in [-0.25, -0.2) is 4.98 Å².